The minimum Gasteiger partial charge on any atom is -0.480 e. The van der Waals surface area contributed by atoms with E-state index in [4.69, 9.17) is 16.7 Å². The summed E-state index contributed by atoms with van der Waals surface area (Å²) in [6.45, 7) is 3.56. The first-order valence-electron chi connectivity index (χ1n) is 6.93. The Bertz CT molecular complexity index is 558. The van der Waals surface area contributed by atoms with Crippen LogP contribution in [0.1, 0.15) is 25.3 Å². The minimum atomic E-state index is -0.909. The number of rotatable bonds is 6. The summed E-state index contributed by atoms with van der Waals surface area (Å²) in [5, 5.41) is 12.5. The van der Waals surface area contributed by atoms with Crippen LogP contribution in [0, 0.1) is 6.92 Å². The lowest BCUT2D eigenvalue weighted by molar-refractivity contribution is -0.143. The normalized spacial score (nSPS) is 15.8. The van der Waals surface area contributed by atoms with Crippen molar-refractivity contribution < 1.29 is 14.7 Å². The van der Waals surface area contributed by atoms with Gasteiger partial charge in [-0.3, -0.25) is 14.5 Å². The van der Waals surface area contributed by atoms with Crippen molar-refractivity contribution in [1.29, 1.82) is 0 Å². The Labute approximate surface area is 128 Å². The molecule has 0 spiro atoms. The number of aryl methyl sites for hydroxylation is 1. The number of carboxylic acid groups (broad SMARTS) is 1. The number of benzene rings is 1. The summed E-state index contributed by atoms with van der Waals surface area (Å²) in [5.41, 5.74) is 1.57. The monoisotopic (exact) mass is 310 g/mol. The number of halogens is 1. The third-order valence-corrected chi connectivity index (χ3v) is 3.91. The summed E-state index contributed by atoms with van der Waals surface area (Å²) in [6, 6.07) is 4.81. The first-order chi connectivity index (χ1) is 9.88. The van der Waals surface area contributed by atoms with Gasteiger partial charge in [0.15, 0.2) is 0 Å². The Kier molecular flexibility index (Phi) is 4.85. The lowest BCUT2D eigenvalue weighted by Crippen LogP contribution is -2.44. The molecular formula is C15H19ClN2O3. The molecule has 21 heavy (non-hydrogen) atoms. The highest BCUT2D eigenvalue weighted by molar-refractivity contribution is 6.31. The molecule has 1 aromatic carbocycles. The zero-order valence-electron chi connectivity index (χ0n) is 12.1. The van der Waals surface area contributed by atoms with Crippen molar-refractivity contribution in [2.75, 3.05) is 11.9 Å². The molecule has 0 bridgehead atoms. The van der Waals surface area contributed by atoms with Gasteiger partial charge in [0.2, 0.25) is 5.91 Å². The number of nitrogens with zero attached hydrogens (tertiary/aromatic N) is 1. The van der Waals surface area contributed by atoms with Crippen LogP contribution in [0.2, 0.25) is 5.02 Å². The molecule has 0 saturated heterocycles. The van der Waals surface area contributed by atoms with Crippen LogP contribution in [0.25, 0.3) is 0 Å². The number of anilines is 1. The van der Waals surface area contributed by atoms with Gasteiger partial charge in [0.25, 0.3) is 0 Å². The molecular weight excluding hydrogens is 292 g/mol. The molecule has 0 aliphatic heterocycles. The number of amides is 1. The zero-order chi connectivity index (χ0) is 15.6. The van der Waals surface area contributed by atoms with Crippen molar-refractivity contribution in [3.8, 4) is 0 Å². The van der Waals surface area contributed by atoms with Gasteiger partial charge in [-0.2, -0.15) is 0 Å². The van der Waals surface area contributed by atoms with Crippen molar-refractivity contribution in [2.45, 2.75) is 38.8 Å². The van der Waals surface area contributed by atoms with Gasteiger partial charge in [-0.15, -0.1) is 0 Å². The van der Waals surface area contributed by atoms with Crippen LogP contribution in [0.3, 0.4) is 0 Å². The maximum absolute atomic E-state index is 12.2. The molecule has 6 heteroatoms. The van der Waals surface area contributed by atoms with Crippen LogP contribution in [0.4, 0.5) is 5.69 Å². The quantitative estimate of drug-likeness (QED) is 0.847. The zero-order valence-corrected chi connectivity index (χ0v) is 12.9. The van der Waals surface area contributed by atoms with E-state index in [1.54, 1.807) is 24.0 Å². The van der Waals surface area contributed by atoms with E-state index in [1.807, 2.05) is 13.0 Å². The summed E-state index contributed by atoms with van der Waals surface area (Å²) in [6.07, 6.45) is 1.89. The largest absolute Gasteiger partial charge is 0.480 e. The Hall–Kier alpha value is -1.59. The standard InChI is InChI=1S/C15H19ClN2O3/c1-9-3-4-11(16)7-13(9)17-14(19)8-18(12-5-6-12)10(2)15(20)21/h3-4,7,10,12H,5-6,8H2,1-2H3,(H,17,19)(H,20,21). The summed E-state index contributed by atoms with van der Waals surface area (Å²) in [7, 11) is 0. The summed E-state index contributed by atoms with van der Waals surface area (Å²) in [5.74, 6) is -1.13. The lowest BCUT2D eigenvalue weighted by Gasteiger charge is -2.25. The Morgan fingerprint density at radius 3 is 2.71 bits per heavy atom. The highest BCUT2D eigenvalue weighted by atomic mass is 35.5. The van der Waals surface area contributed by atoms with Gasteiger partial charge in [0.1, 0.15) is 6.04 Å². The molecule has 1 aliphatic rings. The smallest absolute Gasteiger partial charge is 0.320 e. The number of carbonyl (C=O) groups is 2. The number of hydrogen-bond donors (Lipinski definition) is 2. The average Bonchev–Trinajstić information content (AvgIpc) is 3.23. The fourth-order valence-corrected chi connectivity index (χ4v) is 2.39. The van der Waals surface area contributed by atoms with Crippen molar-refractivity contribution in [1.82, 2.24) is 4.90 Å². The Morgan fingerprint density at radius 2 is 2.14 bits per heavy atom. The van der Waals surface area contributed by atoms with E-state index < -0.39 is 12.0 Å². The maximum Gasteiger partial charge on any atom is 0.320 e. The van der Waals surface area contributed by atoms with Gasteiger partial charge in [-0.1, -0.05) is 17.7 Å². The topological polar surface area (TPSA) is 69.6 Å². The van der Waals surface area contributed by atoms with Crippen molar-refractivity contribution in [3.63, 3.8) is 0 Å². The molecule has 0 aromatic heterocycles. The van der Waals surface area contributed by atoms with E-state index in [-0.39, 0.29) is 18.5 Å². The molecule has 1 unspecified atom stereocenters. The molecule has 1 atom stereocenters. The van der Waals surface area contributed by atoms with Gasteiger partial charge >= 0.3 is 5.97 Å². The number of hydrogen-bond acceptors (Lipinski definition) is 3. The average molecular weight is 311 g/mol. The molecule has 1 aliphatic carbocycles. The van der Waals surface area contributed by atoms with Gasteiger partial charge in [0, 0.05) is 16.8 Å². The summed E-state index contributed by atoms with van der Waals surface area (Å²) >= 11 is 5.92. The van der Waals surface area contributed by atoms with E-state index >= 15 is 0 Å². The third-order valence-electron chi connectivity index (χ3n) is 3.67. The van der Waals surface area contributed by atoms with Crippen LogP contribution >= 0.6 is 11.6 Å². The number of carboxylic acids is 1. The fourth-order valence-electron chi connectivity index (χ4n) is 2.21. The second-order valence-electron chi connectivity index (χ2n) is 5.43. The Balaban J connectivity index is 2.02. The molecule has 2 rings (SSSR count). The molecule has 1 fully saturated rings. The predicted molar refractivity (Wildman–Crippen MR) is 81.6 cm³/mol. The molecule has 114 valence electrons. The van der Waals surface area contributed by atoms with Crippen LogP contribution in [-0.4, -0.2) is 40.5 Å². The van der Waals surface area contributed by atoms with Gasteiger partial charge in [-0.25, -0.2) is 0 Å². The third kappa shape index (κ3) is 4.19. The van der Waals surface area contributed by atoms with Crippen LogP contribution < -0.4 is 5.32 Å². The predicted octanol–water partition coefficient (Wildman–Crippen LogP) is 2.52. The fraction of sp³-hybridized carbons (Fsp3) is 0.467. The Morgan fingerprint density at radius 1 is 1.48 bits per heavy atom. The van der Waals surface area contributed by atoms with Crippen LogP contribution in [0.15, 0.2) is 18.2 Å². The van der Waals surface area contributed by atoms with E-state index in [0.29, 0.717) is 10.7 Å². The first-order valence-corrected chi connectivity index (χ1v) is 7.31. The molecule has 1 aromatic rings. The number of carbonyl (C=O) groups excluding carboxylic acids is 1. The molecule has 1 amide bonds. The van der Waals surface area contributed by atoms with Crippen molar-refractivity contribution >= 4 is 29.2 Å². The van der Waals surface area contributed by atoms with Gasteiger partial charge in [-0.05, 0) is 44.4 Å². The minimum absolute atomic E-state index is 0.0735. The van der Waals surface area contributed by atoms with Crippen LogP contribution in [0.5, 0.6) is 0 Å². The molecule has 1 saturated carbocycles. The SMILES string of the molecule is Cc1ccc(Cl)cc1NC(=O)CN(C1CC1)C(C)C(=O)O. The lowest BCUT2D eigenvalue weighted by atomic mass is 10.2. The van der Waals surface area contributed by atoms with E-state index in [1.165, 1.54) is 0 Å². The van der Waals surface area contributed by atoms with Gasteiger partial charge in [0.05, 0.1) is 6.54 Å². The van der Waals surface area contributed by atoms with Crippen molar-refractivity contribution in [3.05, 3.63) is 28.8 Å². The molecule has 0 radical (unpaired) electrons. The van der Waals surface area contributed by atoms with E-state index in [2.05, 4.69) is 5.32 Å². The van der Waals surface area contributed by atoms with Gasteiger partial charge < -0.3 is 10.4 Å². The first kappa shape index (κ1) is 15.8. The second kappa shape index (κ2) is 6.45. The summed E-state index contributed by atoms with van der Waals surface area (Å²) in [4.78, 5) is 25.0. The van der Waals surface area contributed by atoms with Crippen LogP contribution in [-0.2, 0) is 9.59 Å². The van der Waals surface area contributed by atoms with Crippen molar-refractivity contribution in [2.24, 2.45) is 0 Å². The summed E-state index contributed by atoms with van der Waals surface area (Å²) < 4.78 is 0. The van der Waals surface area contributed by atoms with E-state index in [0.717, 1.165) is 18.4 Å². The highest BCUT2D eigenvalue weighted by Gasteiger charge is 2.36. The number of nitrogens with one attached hydrogen (secondary N) is 1. The molecule has 5 nitrogen and oxygen atoms in total. The second-order valence-corrected chi connectivity index (χ2v) is 5.86. The maximum atomic E-state index is 12.2. The molecule has 2 N–H and O–H groups in total. The molecule has 0 heterocycles. The van der Waals surface area contributed by atoms with E-state index in [9.17, 15) is 9.59 Å². The number of aliphatic carboxylic acids is 1. The highest BCUT2D eigenvalue weighted by Crippen LogP contribution is 2.28.